The van der Waals surface area contributed by atoms with Crippen molar-refractivity contribution in [2.24, 2.45) is 0 Å². The molecule has 0 atom stereocenters. The van der Waals surface area contributed by atoms with E-state index in [4.69, 9.17) is 18.9 Å². The van der Waals surface area contributed by atoms with Crippen LogP contribution in [0.15, 0.2) is 66.7 Å². The highest BCUT2D eigenvalue weighted by atomic mass is 79.9. The molecule has 0 heterocycles. The Kier molecular flexibility index (Phi) is 8.27. The van der Waals surface area contributed by atoms with Gasteiger partial charge in [0.2, 0.25) is 0 Å². The summed E-state index contributed by atoms with van der Waals surface area (Å²) in [5.41, 5.74) is 3.74. The summed E-state index contributed by atoms with van der Waals surface area (Å²) in [7, 11) is 2.71. The van der Waals surface area contributed by atoms with Crippen molar-refractivity contribution >= 4 is 27.9 Å². The summed E-state index contributed by atoms with van der Waals surface area (Å²) in [6.07, 6.45) is 0. The van der Waals surface area contributed by atoms with Crippen molar-refractivity contribution in [1.82, 2.24) is 0 Å². The Morgan fingerprint density at radius 1 is 0.719 bits per heavy atom. The Labute approximate surface area is 195 Å². The monoisotopic (exact) mass is 498 g/mol. The van der Waals surface area contributed by atoms with E-state index in [0.29, 0.717) is 41.2 Å². The number of benzene rings is 3. The largest absolute Gasteiger partial charge is 0.485 e. The summed E-state index contributed by atoms with van der Waals surface area (Å²) < 4.78 is 21.6. The van der Waals surface area contributed by atoms with Crippen LogP contribution in [0.25, 0.3) is 0 Å². The highest BCUT2D eigenvalue weighted by Gasteiger charge is 2.12. The van der Waals surface area contributed by atoms with Gasteiger partial charge in [-0.3, -0.25) is 0 Å². The topological polar surface area (TPSA) is 71.1 Å². The number of hydrogen-bond acceptors (Lipinski definition) is 6. The third-order valence-electron chi connectivity index (χ3n) is 4.73. The first-order valence-electron chi connectivity index (χ1n) is 9.83. The molecule has 0 aliphatic carbocycles. The number of carbonyl (C=O) groups excluding carboxylic acids is 2. The second-order valence-corrected chi connectivity index (χ2v) is 7.39. The van der Waals surface area contributed by atoms with Gasteiger partial charge in [0.15, 0.2) is 11.5 Å². The fraction of sp³-hybridized carbons (Fsp3) is 0.200. The zero-order chi connectivity index (χ0) is 22.9. The zero-order valence-electron chi connectivity index (χ0n) is 17.8. The van der Waals surface area contributed by atoms with Crippen molar-refractivity contribution in [3.05, 3.63) is 94.5 Å². The van der Waals surface area contributed by atoms with E-state index >= 15 is 0 Å². The minimum Gasteiger partial charge on any atom is -0.485 e. The second kappa shape index (κ2) is 11.3. The number of halogens is 1. The van der Waals surface area contributed by atoms with Crippen molar-refractivity contribution < 1.29 is 28.5 Å². The molecule has 0 spiro atoms. The standard InChI is InChI=1S/C25H23BrO6/c1-29-24(27)19-10-6-17(7-11-19)15-31-22-5-3-4-21(14-26)23(22)32-16-18-8-12-20(13-9-18)25(28)30-2/h3-13H,14-16H2,1-2H3. The fourth-order valence-corrected chi connectivity index (χ4v) is 3.41. The number of hydrogen-bond donors (Lipinski definition) is 0. The molecule has 0 N–H and O–H groups in total. The lowest BCUT2D eigenvalue weighted by molar-refractivity contribution is 0.0592. The summed E-state index contributed by atoms with van der Waals surface area (Å²) >= 11 is 3.50. The van der Waals surface area contributed by atoms with Crippen LogP contribution in [0.2, 0.25) is 0 Å². The number of ether oxygens (including phenoxy) is 4. The first-order valence-corrected chi connectivity index (χ1v) is 11.0. The fourth-order valence-electron chi connectivity index (χ4n) is 2.97. The molecule has 3 rings (SSSR count). The number of methoxy groups -OCH3 is 2. The van der Waals surface area contributed by atoms with Gasteiger partial charge in [0.05, 0.1) is 25.3 Å². The van der Waals surface area contributed by atoms with Crippen LogP contribution in [0.5, 0.6) is 11.5 Å². The molecule has 0 fully saturated rings. The van der Waals surface area contributed by atoms with Gasteiger partial charge in [0.25, 0.3) is 0 Å². The quantitative estimate of drug-likeness (QED) is 0.294. The number of esters is 2. The van der Waals surface area contributed by atoms with Crippen LogP contribution in [-0.2, 0) is 28.0 Å². The zero-order valence-corrected chi connectivity index (χ0v) is 19.4. The molecule has 0 bridgehead atoms. The molecule has 0 unspecified atom stereocenters. The van der Waals surface area contributed by atoms with E-state index in [1.54, 1.807) is 24.3 Å². The van der Waals surface area contributed by atoms with Crippen LogP contribution in [-0.4, -0.2) is 26.2 Å². The molecule has 0 aliphatic rings. The van der Waals surface area contributed by atoms with Crippen LogP contribution in [0.1, 0.15) is 37.4 Å². The second-order valence-electron chi connectivity index (χ2n) is 6.83. The van der Waals surface area contributed by atoms with Crippen LogP contribution in [0.4, 0.5) is 0 Å². The molecule has 7 heteroatoms. The molecule has 0 radical (unpaired) electrons. The van der Waals surface area contributed by atoms with Crippen LogP contribution in [0.3, 0.4) is 0 Å². The summed E-state index contributed by atoms with van der Waals surface area (Å²) in [5.74, 6) is 0.507. The van der Waals surface area contributed by atoms with Gasteiger partial charge in [0, 0.05) is 10.9 Å². The number of para-hydroxylation sites is 1. The third kappa shape index (κ3) is 5.88. The molecule has 0 saturated carbocycles. The van der Waals surface area contributed by atoms with E-state index < -0.39 is 0 Å². The van der Waals surface area contributed by atoms with Crippen molar-refractivity contribution in [3.8, 4) is 11.5 Å². The van der Waals surface area contributed by atoms with Gasteiger partial charge in [-0.25, -0.2) is 9.59 Å². The van der Waals surface area contributed by atoms with E-state index in [1.165, 1.54) is 14.2 Å². The molecule has 0 aromatic heterocycles. The first-order chi connectivity index (χ1) is 15.5. The molecule has 0 saturated heterocycles. The number of carbonyl (C=O) groups is 2. The maximum Gasteiger partial charge on any atom is 0.337 e. The van der Waals surface area contributed by atoms with Gasteiger partial charge in [-0.2, -0.15) is 0 Å². The summed E-state index contributed by atoms with van der Waals surface area (Å²) in [4.78, 5) is 23.2. The lowest BCUT2D eigenvalue weighted by Gasteiger charge is -2.16. The van der Waals surface area contributed by atoms with Gasteiger partial charge in [-0.05, 0) is 41.5 Å². The Morgan fingerprint density at radius 2 is 1.22 bits per heavy atom. The molecule has 0 amide bonds. The van der Waals surface area contributed by atoms with Gasteiger partial charge in [-0.1, -0.05) is 52.3 Å². The van der Waals surface area contributed by atoms with Crippen LogP contribution >= 0.6 is 15.9 Å². The normalized spacial score (nSPS) is 10.3. The van der Waals surface area contributed by atoms with Crippen LogP contribution in [0, 0.1) is 0 Å². The predicted octanol–water partition coefficient (Wildman–Crippen LogP) is 5.31. The third-order valence-corrected chi connectivity index (χ3v) is 5.34. The van der Waals surface area contributed by atoms with Crippen molar-refractivity contribution in [3.63, 3.8) is 0 Å². The van der Waals surface area contributed by atoms with Gasteiger partial charge < -0.3 is 18.9 Å². The maximum atomic E-state index is 11.6. The molecule has 32 heavy (non-hydrogen) atoms. The highest BCUT2D eigenvalue weighted by molar-refractivity contribution is 9.08. The molecule has 3 aromatic rings. The Bertz CT molecular complexity index is 1060. The highest BCUT2D eigenvalue weighted by Crippen LogP contribution is 2.34. The Hall–Kier alpha value is -3.32. The van der Waals surface area contributed by atoms with Crippen molar-refractivity contribution in [2.75, 3.05) is 14.2 Å². The van der Waals surface area contributed by atoms with Gasteiger partial charge in [0.1, 0.15) is 13.2 Å². The van der Waals surface area contributed by atoms with E-state index in [1.807, 2.05) is 42.5 Å². The molecular formula is C25H23BrO6. The minimum atomic E-state index is -0.377. The van der Waals surface area contributed by atoms with Crippen molar-refractivity contribution in [2.45, 2.75) is 18.5 Å². The predicted molar refractivity (Wildman–Crippen MR) is 123 cm³/mol. The van der Waals surface area contributed by atoms with E-state index in [-0.39, 0.29) is 11.9 Å². The van der Waals surface area contributed by atoms with Gasteiger partial charge >= 0.3 is 11.9 Å². The summed E-state index contributed by atoms with van der Waals surface area (Å²) in [5, 5.41) is 0.606. The maximum absolute atomic E-state index is 11.6. The Morgan fingerprint density at radius 3 is 1.69 bits per heavy atom. The molecule has 166 valence electrons. The average Bonchev–Trinajstić information content (AvgIpc) is 2.85. The minimum absolute atomic E-state index is 0.315. The number of rotatable bonds is 9. The molecular weight excluding hydrogens is 476 g/mol. The van der Waals surface area contributed by atoms with E-state index in [9.17, 15) is 9.59 Å². The van der Waals surface area contributed by atoms with Gasteiger partial charge in [-0.15, -0.1) is 0 Å². The lowest BCUT2D eigenvalue weighted by Crippen LogP contribution is -2.04. The smallest absolute Gasteiger partial charge is 0.337 e. The number of alkyl halides is 1. The average molecular weight is 499 g/mol. The molecule has 0 aliphatic heterocycles. The lowest BCUT2D eigenvalue weighted by atomic mass is 10.1. The SMILES string of the molecule is COC(=O)c1ccc(COc2cccc(CBr)c2OCc2ccc(C(=O)OC)cc2)cc1. The van der Waals surface area contributed by atoms with Crippen LogP contribution < -0.4 is 9.47 Å². The van der Waals surface area contributed by atoms with E-state index in [2.05, 4.69) is 15.9 Å². The van der Waals surface area contributed by atoms with Crippen molar-refractivity contribution in [1.29, 1.82) is 0 Å². The first kappa shape index (κ1) is 23.3. The molecule has 6 nitrogen and oxygen atoms in total. The molecule has 3 aromatic carbocycles. The summed E-state index contributed by atoms with van der Waals surface area (Å²) in [6.45, 7) is 0.632. The summed E-state index contributed by atoms with van der Waals surface area (Å²) in [6, 6.07) is 19.8. The Balaban J connectivity index is 1.70. The van der Waals surface area contributed by atoms with E-state index in [0.717, 1.165) is 16.7 Å².